The molecule has 5 heteroatoms. The van der Waals surface area contributed by atoms with Gasteiger partial charge in [-0.3, -0.25) is 9.59 Å². The Morgan fingerprint density at radius 3 is 0.982 bits per heavy atom. The molecule has 0 aromatic carbocycles. The lowest BCUT2D eigenvalue weighted by molar-refractivity contribution is -0.145. The van der Waals surface area contributed by atoms with Crippen molar-refractivity contribution in [3.05, 3.63) is 0 Å². The Kier molecular flexibility index (Phi) is 42.6. The molecule has 0 aliphatic rings. The normalized spacial score (nSPS) is 11.8. The summed E-state index contributed by atoms with van der Waals surface area (Å²) < 4.78 is 11.3. The molecular formula is C51H101NO4. The van der Waals surface area contributed by atoms with E-state index in [2.05, 4.69) is 46.6 Å². The van der Waals surface area contributed by atoms with Crippen molar-refractivity contribution in [1.82, 2.24) is 4.90 Å². The molecule has 56 heavy (non-hydrogen) atoms. The molecular weight excluding hydrogens is 691 g/mol. The average molecular weight is 792 g/mol. The Morgan fingerprint density at radius 2 is 0.661 bits per heavy atom. The van der Waals surface area contributed by atoms with Gasteiger partial charge in [0.15, 0.2) is 0 Å². The zero-order valence-corrected chi connectivity index (χ0v) is 39.1. The van der Waals surface area contributed by atoms with E-state index in [1.54, 1.807) is 0 Å². The number of nitrogens with zero attached hydrogens (tertiary/aromatic N) is 1. The number of ether oxygens (including phenoxy) is 2. The Bertz CT molecular complexity index is 738. The maximum absolute atomic E-state index is 12.3. The highest BCUT2D eigenvalue weighted by Gasteiger charge is 2.13. The van der Waals surface area contributed by atoms with Crippen LogP contribution in [0.25, 0.3) is 0 Å². The molecule has 0 N–H and O–H groups in total. The summed E-state index contributed by atoms with van der Waals surface area (Å²) in [6, 6.07) is 0. The van der Waals surface area contributed by atoms with Crippen molar-refractivity contribution in [3.63, 3.8) is 0 Å². The summed E-state index contributed by atoms with van der Waals surface area (Å²) in [5.74, 6) is 2.32. The monoisotopic (exact) mass is 792 g/mol. The molecule has 0 aromatic heterocycles. The second kappa shape index (κ2) is 43.5. The fourth-order valence-corrected chi connectivity index (χ4v) is 8.49. The van der Waals surface area contributed by atoms with Crippen LogP contribution in [0.3, 0.4) is 0 Å². The van der Waals surface area contributed by atoms with Crippen LogP contribution >= 0.6 is 0 Å². The van der Waals surface area contributed by atoms with E-state index in [0.717, 1.165) is 62.8 Å². The molecule has 0 saturated carbocycles. The summed E-state index contributed by atoms with van der Waals surface area (Å²) in [5.41, 5.74) is 0. The molecule has 0 radical (unpaired) electrons. The highest BCUT2D eigenvalue weighted by molar-refractivity contribution is 5.69. The van der Waals surface area contributed by atoms with Gasteiger partial charge < -0.3 is 14.4 Å². The molecule has 0 bridgehead atoms. The van der Waals surface area contributed by atoms with Crippen molar-refractivity contribution in [2.45, 2.75) is 266 Å². The van der Waals surface area contributed by atoms with E-state index in [-0.39, 0.29) is 11.9 Å². The molecule has 0 rings (SSSR count). The Balaban J connectivity index is 3.96. The number of esters is 2. The summed E-state index contributed by atoms with van der Waals surface area (Å²) in [7, 11) is 2.28. The largest absolute Gasteiger partial charge is 0.466 e. The van der Waals surface area contributed by atoms with Gasteiger partial charge >= 0.3 is 11.9 Å². The standard InChI is InChI=1S/C51H101NO4/c1-7-12-26-34-47(35-27-13-8-2)42-44-55-50(53)40-32-24-20-16-18-22-30-38-49(46-52(6)11-5)39-31-23-19-17-21-25-33-41-51(54)56-45-43-48(36-28-14-9-3)37-29-15-10-4/h47-49H,7-46H2,1-6H3. The molecule has 0 saturated heterocycles. The Labute approximate surface area is 351 Å². The maximum Gasteiger partial charge on any atom is 0.305 e. The van der Waals surface area contributed by atoms with E-state index >= 15 is 0 Å². The molecule has 0 aromatic rings. The fraction of sp³-hybridized carbons (Fsp3) is 0.961. The smallest absolute Gasteiger partial charge is 0.305 e. The first-order chi connectivity index (χ1) is 27.4. The van der Waals surface area contributed by atoms with Crippen LogP contribution in [0.2, 0.25) is 0 Å². The third-order valence-electron chi connectivity index (χ3n) is 12.5. The first-order valence-corrected chi connectivity index (χ1v) is 25.4. The molecule has 334 valence electrons. The summed E-state index contributed by atoms with van der Waals surface area (Å²) in [4.78, 5) is 27.1. The van der Waals surface area contributed by atoms with Gasteiger partial charge in [-0.25, -0.2) is 0 Å². The van der Waals surface area contributed by atoms with Crippen LogP contribution in [-0.2, 0) is 19.1 Å². The highest BCUT2D eigenvalue weighted by Crippen LogP contribution is 2.24. The predicted molar refractivity (Wildman–Crippen MR) is 244 cm³/mol. The number of unbranched alkanes of at least 4 members (excludes halogenated alkanes) is 20. The van der Waals surface area contributed by atoms with Crippen LogP contribution in [-0.4, -0.2) is 50.2 Å². The van der Waals surface area contributed by atoms with Gasteiger partial charge in [-0.2, -0.15) is 0 Å². The lowest BCUT2D eigenvalue weighted by Gasteiger charge is -2.23. The van der Waals surface area contributed by atoms with Gasteiger partial charge in [-0.05, 0) is 69.9 Å². The van der Waals surface area contributed by atoms with Crippen LogP contribution < -0.4 is 0 Å². The summed E-state index contributed by atoms with van der Waals surface area (Å²) in [5, 5.41) is 0. The number of hydrogen-bond donors (Lipinski definition) is 0. The second-order valence-corrected chi connectivity index (χ2v) is 18.0. The number of rotatable bonds is 45. The number of carbonyl (C=O) groups excluding carboxylic acids is 2. The van der Waals surface area contributed by atoms with Crippen molar-refractivity contribution < 1.29 is 19.1 Å². The van der Waals surface area contributed by atoms with Crippen LogP contribution in [0.15, 0.2) is 0 Å². The second-order valence-electron chi connectivity index (χ2n) is 18.0. The fourth-order valence-electron chi connectivity index (χ4n) is 8.49. The van der Waals surface area contributed by atoms with Gasteiger partial charge in [-0.15, -0.1) is 0 Å². The molecule has 0 atom stereocenters. The minimum absolute atomic E-state index is 0.0209. The highest BCUT2D eigenvalue weighted by atomic mass is 16.5. The topological polar surface area (TPSA) is 55.8 Å². The molecule has 0 aliphatic carbocycles. The molecule has 0 spiro atoms. The van der Waals surface area contributed by atoms with Gasteiger partial charge in [0, 0.05) is 19.4 Å². The van der Waals surface area contributed by atoms with Crippen LogP contribution in [0.1, 0.15) is 266 Å². The van der Waals surface area contributed by atoms with Gasteiger partial charge in [0.2, 0.25) is 0 Å². The summed E-state index contributed by atoms with van der Waals surface area (Å²) >= 11 is 0. The minimum atomic E-state index is 0.0209. The lowest BCUT2D eigenvalue weighted by atomic mass is 9.92. The predicted octanol–water partition coefficient (Wildman–Crippen LogP) is 16.0. The van der Waals surface area contributed by atoms with E-state index in [0.29, 0.717) is 26.1 Å². The maximum atomic E-state index is 12.3. The van der Waals surface area contributed by atoms with Crippen molar-refractivity contribution >= 4 is 11.9 Å². The minimum Gasteiger partial charge on any atom is -0.466 e. The van der Waals surface area contributed by atoms with E-state index in [9.17, 15) is 9.59 Å². The zero-order valence-electron chi connectivity index (χ0n) is 39.1. The SMILES string of the molecule is CCCCCC(CCCCC)CCOC(=O)CCCCCCCCCC(CCCCCCCCCC(=O)OCCC(CCCCC)CCCCC)CN(C)CC. The van der Waals surface area contributed by atoms with Gasteiger partial charge in [-0.1, -0.05) is 214 Å². The third kappa shape index (κ3) is 38.4. The molecule has 0 amide bonds. The van der Waals surface area contributed by atoms with E-state index in [4.69, 9.17) is 9.47 Å². The molecule has 0 heterocycles. The van der Waals surface area contributed by atoms with Crippen molar-refractivity contribution in [3.8, 4) is 0 Å². The quantitative estimate of drug-likeness (QED) is 0.0454. The molecule has 0 fully saturated rings. The summed E-state index contributed by atoms with van der Waals surface area (Å²) in [6.07, 6.45) is 44.3. The van der Waals surface area contributed by atoms with Crippen molar-refractivity contribution in [2.24, 2.45) is 17.8 Å². The Morgan fingerprint density at radius 1 is 0.375 bits per heavy atom. The molecule has 0 aliphatic heterocycles. The van der Waals surface area contributed by atoms with Gasteiger partial charge in [0.05, 0.1) is 13.2 Å². The van der Waals surface area contributed by atoms with Crippen LogP contribution in [0.4, 0.5) is 0 Å². The van der Waals surface area contributed by atoms with Crippen LogP contribution in [0.5, 0.6) is 0 Å². The average Bonchev–Trinajstić information content (AvgIpc) is 3.19. The van der Waals surface area contributed by atoms with Crippen molar-refractivity contribution in [2.75, 3.05) is 33.4 Å². The Hall–Kier alpha value is -1.10. The van der Waals surface area contributed by atoms with Gasteiger partial charge in [0.25, 0.3) is 0 Å². The number of carbonyl (C=O) groups is 2. The molecule has 5 nitrogen and oxygen atoms in total. The molecule has 0 unspecified atom stereocenters. The van der Waals surface area contributed by atoms with Crippen LogP contribution in [0, 0.1) is 17.8 Å². The zero-order chi connectivity index (χ0) is 41.2. The van der Waals surface area contributed by atoms with E-state index in [1.165, 1.54) is 186 Å². The third-order valence-corrected chi connectivity index (χ3v) is 12.5. The first kappa shape index (κ1) is 54.9. The number of hydrogen-bond acceptors (Lipinski definition) is 5. The first-order valence-electron chi connectivity index (χ1n) is 25.4. The lowest BCUT2D eigenvalue weighted by Crippen LogP contribution is -2.25. The van der Waals surface area contributed by atoms with Gasteiger partial charge in [0.1, 0.15) is 0 Å². The van der Waals surface area contributed by atoms with E-state index in [1.807, 2.05) is 0 Å². The summed E-state index contributed by atoms with van der Waals surface area (Å²) in [6.45, 7) is 15.0. The van der Waals surface area contributed by atoms with E-state index < -0.39 is 0 Å². The van der Waals surface area contributed by atoms with Crippen molar-refractivity contribution in [1.29, 1.82) is 0 Å².